The van der Waals surface area contributed by atoms with E-state index in [1.807, 2.05) is 24.3 Å². The number of nitrogens with one attached hydrogen (secondary N) is 2. The van der Waals surface area contributed by atoms with E-state index < -0.39 is 11.9 Å². The Morgan fingerprint density at radius 2 is 1.86 bits per heavy atom. The SMILES string of the molecule is COc1cc(/C=N\NC(=O)CNC(=O)c2cccc(Br)c2)ccc1OC(=O)c1sc2ccccc2c1Cl. The van der Waals surface area contributed by atoms with Crippen molar-refractivity contribution < 1.29 is 23.9 Å². The fourth-order valence-electron chi connectivity index (χ4n) is 3.25. The van der Waals surface area contributed by atoms with Crippen LogP contribution in [0.1, 0.15) is 25.6 Å². The van der Waals surface area contributed by atoms with Gasteiger partial charge in [-0.3, -0.25) is 9.59 Å². The first-order valence-corrected chi connectivity index (χ1v) is 12.8. The van der Waals surface area contributed by atoms with E-state index in [1.165, 1.54) is 24.7 Å². The molecule has 1 heterocycles. The molecule has 0 aliphatic heterocycles. The number of nitrogens with zero attached hydrogens (tertiary/aromatic N) is 1. The number of hydrogen-bond donors (Lipinski definition) is 2. The standard InChI is InChI=1S/C26H19BrClN3O5S/c1-35-20-11-15(13-30-31-22(32)14-29-25(33)16-5-4-6-17(27)12-16)9-10-19(20)36-26(34)24-23(28)18-7-2-3-8-21(18)37-24/h2-13H,14H2,1H3,(H,29,33)(H,31,32)/b30-13-. The molecular weight excluding hydrogens is 582 g/mol. The zero-order chi connectivity index (χ0) is 26.4. The Kier molecular flexibility index (Phi) is 8.54. The number of hydrazone groups is 1. The Bertz CT molecular complexity index is 1520. The molecule has 8 nitrogen and oxygen atoms in total. The van der Waals surface area contributed by atoms with Gasteiger partial charge in [0.25, 0.3) is 11.8 Å². The van der Waals surface area contributed by atoms with E-state index in [0.717, 1.165) is 14.6 Å². The summed E-state index contributed by atoms with van der Waals surface area (Å²) >= 11 is 10.9. The highest BCUT2D eigenvalue weighted by molar-refractivity contribution is 9.10. The van der Waals surface area contributed by atoms with Crippen molar-refractivity contribution in [2.45, 2.75) is 0 Å². The largest absolute Gasteiger partial charge is 0.493 e. The minimum absolute atomic E-state index is 0.206. The fraction of sp³-hybridized carbons (Fsp3) is 0.0769. The van der Waals surface area contributed by atoms with Gasteiger partial charge in [0.2, 0.25) is 0 Å². The summed E-state index contributed by atoms with van der Waals surface area (Å²) in [6, 6.07) is 19.0. The van der Waals surface area contributed by atoms with Gasteiger partial charge in [0, 0.05) is 20.1 Å². The smallest absolute Gasteiger partial charge is 0.355 e. The van der Waals surface area contributed by atoms with Crippen molar-refractivity contribution in [2.75, 3.05) is 13.7 Å². The quantitative estimate of drug-likeness (QED) is 0.122. The first kappa shape index (κ1) is 26.3. The summed E-state index contributed by atoms with van der Waals surface area (Å²) in [5, 5.41) is 7.55. The summed E-state index contributed by atoms with van der Waals surface area (Å²) in [5.74, 6) is -0.979. The number of ether oxygens (including phenoxy) is 2. The first-order chi connectivity index (χ1) is 17.9. The Hall–Kier alpha value is -3.73. The molecule has 2 amide bonds. The average Bonchev–Trinajstić information content (AvgIpc) is 3.24. The van der Waals surface area contributed by atoms with E-state index in [0.29, 0.717) is 26.8 Å². The molecule has 0 saturated heterocycles. The monoisotopic (exact) mass is 599 g/mol. The molecule has 0 atom stereocenters. The summed E-state index contributed by atoms with van der Waals surface area (Å²) in [5.41, 5.74) is 3.34. The third-order valence-electron chi connectivity index (χ3n) is 5.01. The van der Waals surface area contributed by atoms with Crippen LogP contribution >= 0.6 is 38.9 Å². The highest BCUT2D eigenvalue weighted by Gasteiger charge is 2.20. The zero-order valence-electron chi connectivity index (χ0n) is 19.3. The molecule has 4 rings (SSSR count). The second-order valence-corrected chi connectivity index (χ2v) is 9.87. The lowest BCUT2D eigenvalue weighted by Gasteiger charge is -2.09. The topological polar surface area (TPSA) is 106 Å². The van der Waals surface area contributed by atoms with Crippen LogP contribution in [-0.4, -0.2) is 37.7 Å². The van der Waals surface area contributed by atoms with E-state index in [-0.39, 0.29) is 18.2 Å². The van der Waals surface area contributed by atoms with Gasteiger partial charge in [0.15, 0.2) is 11.5 Å². The predicted octanol–water partition coefficient (Wildman–Crippen LogP) is 5.43. The van der Waals surface area contributed by atoms with Crippen LogP contribution in [0.2, 0.25) is 5.02 Å². The second kappa shape index (κ2) is 12.0. The van der Waals surface area contributed by atoms with Crippen LogP contribution in [-0.2, 0) is 4.79 Å². The maximum atomic E-state index is 12.8. The molecule has 0 bridgehead atoms. The third-order valence-corrected chi connectivity index (χ3v) is 7.16. The predicted molar refractivity (Wildman–Crippen MR) is 147 cm³/mol. The number of benzene rings is 3. The molecule has 2 N–H and O–H groups in total. The van der Waals surface area contributed by atoms with Crippen LogP contribution in [0.4, 0.5) is 0 Å². The van der Waals surface area contributed by atoms with Gasteiger partial charge in [-0.15, -0.1) is 11.3 Å². The summed E-state index contributed by atoms with van der Waals surface area (Å²) < 4.78 is 12.5. The number of hydrogen-bond acceptors (Lipinski definition) is 7. The summed E-state index contributed by atoms with van der Waals surface area (Å²) in [4.78, 5) is 37.2. The molecule has 0 radical (unpaired) electrons. The van der Waals surface area contributed by atoms with E-state index in [2.05, 4.69) is 31.8 Å². The number of carbonyl (C=O) groups excluding carboxylic acids is 3. The molecule has 0 spiro atoms. The summed E-state index contributed by atoms with van der Waals surface area (Å²) in [6.45, 7) is -0.249. The van der Waals surface area contributed by atoms with Gasteiger partial charge in [-0.1, -0.05) is 51.8 Å². The van der Waals surface area contributed by atoms with Gasteiger partial charge in [0.1, 0.15) is 4.88 Å². The van der Waals surface area contributed by atoms with Crippen molar-refractivity contribution in [1.29, 1.82) is 0 Å². The van der Waals surface area contributed by atoms with Crippen molar-refractivity contribution >= 4 is 73.0 Å². The van der Waals surface area contributed by atoms with Crippen LogP contribution in [0.5, 0.6) is 11.5 Å². The van der Waals surface area contributed by atoms with Crippen LogP contribution in [0, 0.1) is 0 Å². The Morgan fingerprint density at radius 3 is 2.62 bits per heavy atom. The van der Waals surface area contributed by atoms with Gasteiger partial charge in [0.05, 0.1) is 24.9 Å². The lowest BCUT2D eigenvalue weighted by molar-refractivity contribution is -0.120. The maximum absolute atomic E-state index is 12.8. The number of esters is 1. The second-order valence-electron chi connectivity index (χ2n) is 7.53. The summed E-state index contributed by atoms with van der Waals surface area (Å²) in [6.07, 6.45) is 1.39. The zero-order valence-corrected chi connectivity index (χ0v) is 22.4. The first-order valence-electron chi connectivity index (χ1n) is 10.8. The minimum Gasteiger partial charge on any atom is -0.493 e. The molecule has 1 aromatic heterocycles. The fourth-order valence-corrected chi connectivity index (χ4v) is 5.04. The number of methoxy groups -OCH3 is 1. The van der Waals surface area contributed by atoms with Crippen molar-refractivity contribution in [1.82, 2.24) is 10.7 Å². The van der Waals surface area contributed by atoms with E-state index >= 15 is 0 Å². The molecule has 0 fully saturated rings. The van der Waals surface area contributed by atoms with E-state index in [4.69, 9.17) is 21.1 Å². The van der Waals surface area contributed by atoms with Crippen molar-refractivity contribution in [3.05, 3.63) is 92.2 Å². The lowest BCUT2D eigenvalue weighted by atomic mass is 10.2. The Morgan fingerprint density at radius 1 is 1.05 bits per heavy atom. The van der Waals surface area contributed by atoms with Gasteiger partial charge >= 0.3 is 5.97 Å². The van der Waals surface area contributed by atoms with Crippen molar-refractivity contribution in [3.63, 3.8) is 0 Å². The Balaban J connectivity index is 1.35. The van der Waals surface area contributed by atoms with E-state index in [9.17, 15) is 14.4 Å². The van der Waals surface area contributed by atoms with Crippen LogP contribution in [0.15, 0.2) is 76.3 Å². The molecule has 4 aromatic rings. The molecule has 3 aromatic carbocycles. The van der Waals surface area contributed by atoms with Crippen LogP contribution < -0.4 is 20.2 Å². The van der Waals surface area contributed by atoms with E-state index in [1.54, 1.807) is 42.5 Å². The molecule has 0 unspecified atom stereocenters. The van der Waals surface area contributed by atoms with Crippen molar-refractivity contribution in [2.24, 2.45) is 5.10 Å². The van der Waals surface area contributed by atoms with Crippen LogP contribution in [0.25, 0.3) is 10.1 Å². The number of fused-ring (bicyclic) bond motifs is 1. The molecule has 0 aliphatic carbocycles. The highest BCUT2D eigenvalue weighted by Crippen LogP contribution is 2.37. The van der Waals surface area contributed by atoms with Crippen LogP contribution in [0.3, 0.4) is 0 Å². The minimum atomic E-state index is -0.594. The number of halogens is 2. The van der Waals surface area contributed by atoms with Gasteiger partial charge in [-0.2, -0.15) is 5.10 Å². The number of amides is 2. The summed E-state index contributed by atoms with van der Waals surface area (Å²) in [7, 11) is 1.44. The number of thiophene rings is 1. The third kappa shape index (κ3) is 6.53. The normalized spacial score (nSPS) is 10.9. The average molecular weight is 601 g/mol. The lowest BCUT2D eigenvalue weighted by Crippen LogP contribution is -2.34. The molecule has 0 saturated carbocycles. The molecule has 0 aliphatic rings. The number of rotatable bonds is 8. The van der Waals surface area contributed by atoms with Gasteiger partial charge in [-0.25, -0.2) is 10.2 Å². The van der Waals surface area contributed by atoms with Crippen molar-refractivity contribution in [3.8, 4) is 11.5 Å². The van der Waals surface area contributed by atoms with Gasteiger partial charge < -0.3 is 14.8 Å². The molecule has 37 heavy (non-hydrogen) atoms. The number of carbonyl (C=O) groups is 3. The Labute approximate surface area is 229 Å². The maximum Gasteiger partial charge on any atom is 0.355 e. The molecule has 188 valence electrons. The highest BCUT2D eigenvalue weighted by atomic mass is 79.9. The molecule has 11 heteroatoms. The van der Waals surface area contributed by atoms with Gasteiger partial charge in [-0.05, 0) is 48.0 Å². The molecular formula is C26H19BrClN3O5S.